The van der Waals surface area contributed by atoms with E-state index in [0.29, 0.717) is 0 Å². The summed E-state index contributed by atoms with van der Waals surface area (Å²) in [5.74, 6) is 1.47. The maximum atomic E-state index is 4.66. The smallest absolute Gasteiger partial charge is 0.0127 e. The maximum absolute atomic E-state index is 4.66. The van der Waals surface area contributed by atoms with Gasteiger partial charge >= 0.3 is 0 Å². The number of hydrogen-bond acceptors (Lipinski definition) is 1. The quantitative estimate of drug-likeness (QED) is 0.453. The molecule has 3 atom stereocenters. The Morgan fingerprint density at radius 2 is 2.27 bits per heavy atom. The molecule has 0 nitrogen and oxygen atoms in total. The average Bonchev–Trinajstić information content (AvgIpc) is 1.95. The number of thiol groups is 1. The van der Waals surface area contributed by atoms with Crippen molar-refractivity contribution in [2.45, 2.75) is 37.9 Å². The van der Waals surface area contributed by atoms with Crippen LogP contribution >= 0.6 is 12.6 Å². The highest BCUT2D eigenvalue weighted by Gasteiger charge is 2.32. The van der Waals surface area contributed by atoms with Crippen LogP contribution in [0.25, 0.3) is 0 Å². The van der Waals surface area contributed by atoms with Gasteiger partial charge in [0.1, 0.15) is 0 Å². The molecule has 0 amide bonds. The van der Waals surface area contributed by atoms with Crippen LogP contribution in [0.15, 0.2) is 12.7 Å². The van der Waals surface area contributed by atoms with Crippen molar-refractivity contribution in [2.75, 3.05) is 0 Å². The zero-order valence-corrected chi connectivity index (χ0v) is 8.40. The molecule has 1 aliphatic carbocycles. The Kier molecular flexibility index (Phi) is 2.69. The fraction of sp³-hybridized carbons (Fsp3) is 0.800. The highest BCUT2D eigenvalue weighted by atomic mass is 32.1. The van der Waals surface area contributed by atoms with Gasteiger partial charge in [0.2, 0.25) is 0 Å². The second-order valence-corrected chi connectivity index (χ2v) is 5.05. The molecule has 0 spiro atoms. The van der Waals surface area contributed by atoms with Gasteiger partial charge < -0.3 is 0 Å². The van der Waals surface area contributed by atoms with Gasteiger partial charge in [0, 0.05) is 4.75 Å². The van der Waals surface area contributed by atoms with Crippen LogP contribution in [-0.2, 0) is 0 Å². The molecule has 0 aromatic rings. The van der Waals surface area contributed by atoms with Gasteiger partial charge in [-0.25, -0.2) is 0 Å². The van der Waals surface area contributed by atoms with E-state index in [1.165, 1.54) is 19.3 Å². The highest BCUT2D eigenvalue weighted by Crippen LogP contribution is 2.40. The Labute approximate surface area is 75.5 Å². The van der Waals surface area contributed by atoms with E-state index in [1.807, 2.05) is 0 Å². The second-order valence-electron chi connectivity index (χ2n) is 4.03. The van der Waals surface area contributed by atoms with Crippen molar-refractivity contribution in [3.8, 4) is 0 Å². The summed E-state index contributed by atoms with van der Waals surface area (Å²) in [6, 6.07) is 0. The van der Waals surface area contributed by atoms with E-state index >= 15 is 0 Å². The van der Waals surface area contributed by atoms with E-state index in [2.05, 4.69) is 39.1 Å². The first-order valence-electron chi connectivity index (χ1n) is 4.41. The van der Waals surface area contributed by atoms with Crippen LogP contribution in [0.4, 0.5) is 0 Å². The summed E-state index contributed by atoms with van der Waals surface area (Å²) in [6.07, 6.45) is 5.87. The van der Waals surface area contributed by atoms with Crippen LogP contribution in [0.1, 0.15) is 33.1 Å². The third-order valence-electron chi connectivity index (χ3n) is 3.07. The molecule has 1 heteroatoms. The Morgan fingerprint density at radius 1 is 1.64 bits per heavy atom. The van der Waals surface area contributed by atoms with Crippen LogP contribution in [0, 0.1) is 11.8 Å². The molecule has 0 radical (unpaired) electrons. The minimum Gasteiger partial charge on any atom is -0.173 e. The predicted molar refractivity (Wildman–Crippen MR) is 54.1 cm³/mol. The summed E-state index contributed by atoms with van der Waals surface area (Å²) in [5.41, 5.74) is 0. The lowest BCUT2D eigenvalue weighted by Gasteiger charge is -2.38. The van der Waals surface area contributed by atoms with Crippen LogP contribution in [0.3, 0.4) is 0 Å². The normalized spacial score (nSPS) is 45.4. The number of rotatable bonds is 1. The summed E-state index contributed by atoms with van der Waals surface area (Å²) in [5, 5.41) is 0. The lowest BCUT2D eigenvalue weighted by atomic mass is 9.75. The molecule has 1 rings (SSSR count). The molecule has 0 heterocycles. The van der Waals surface area contributed by atoms with Gasteiger partial charge in [0.25, 0.3) is 0 Å². The van der Waals surface area contributed by atoms with Crippen molar-refractivity contribution in [2.24, 2.45) is 11.8 Å². The molecule has 0 aromatic heterocycles. The largest absolute Gasteiger partial charge is 0.173 e. The Bertz CT molecular complexity index is 149. The van der Waals surface area contributed by atoms with Gasteiger partial charge in [-0.2, -0.15) is 12.6 Å². The van der Waals surface area contributed by atoms with E-state index in [9.17, 15) is 0 Å². The molecule has 0 aromatic carbocycles. The summed E-state index contributed by atoms with van der Waals surface area (Å²) >= 11 is 4.66. The van der Waals surface area contributed by atoms with Gasteiger partial charge in [-0.3, -0.25) is 0 Å². The molecule has 11 heavy (non-hydrogen) atoms. The average molecular weight is 170 g/mol. The van der Waals surface area contributed by atoms with Gasteiger partial charge in [-0.15, -0.1) is 6.58 Å². The van der Waals surface area contributed by atoms with Crippen LogP contribution in [0.2, 0.25) is 0 Å². The molecule has 0 aliphatic heterocycles. The monoisotopic (exact) mass is 170 g/mol. The Morgan fingerprint density at radius 3 is 2.73 bits per heavy atom. The van der Waals surface area contributed by atoms with Crippen molar-refractivity contribution >= 4 is 12.6 Å². The van der Waals surface area contributed by atoms with E-state index in [4.69, 9.17) is 0 Å². The van der Waals surface area contributed by atoms with E-state index in [-0.39, 0.29) is 4.75 Å². The topological polar surface area (TPSA) is 0 Å². The molecular weight excluding hydrogens is 152 g/mol. The van der Waals surface area contributed by atoms with E-state index in [0.717, 1.165) is 11.8 Å². The van der Waals surface area contributed by atoms with Gasteiger partial charge in [-0.1, -0.05) is 19.9 Å². The van der Waals surface area contributed by atoms with Crippen LogP contribution in [0.5, 0.6) is 0 Å². The first-order valence-corrected chi connectivity index (χ1v) is 4.86. The fourth-order valence-corrected chi connectivity index (χ4v) is 2.00. The standard InChI is InChI=1S/C10H18S/c1-4-9-5-6-10(3,11)8(2)7-9/h4,8-9,11H,1,5-7H2,2-3H3. The molecule has 0 saturated heterocycles. The number of allylic oxidation sites excluding steroid dienone is 1. The molecule has 0 bridgehead atoms. The minimum absolute atomic E-state index is 0.263. The molecular formula is C10H18S. The molecule has 1 fully saturated rings. The third kappa shape index (κ3) is 2.02. The maximum Gasteiger partial charge on any atom is 0.0127 e. The second kappa shape index (κ2) is 3.22. The van der Waals surface area contributed by atoms with Crippen LogP contribution < -0.4 is 0 Å². The first-order chi connectivity index (χ1) is 5.06. The number of hydrogen-bond donors (Lipinski definition) is 1. The van der Waals surface area contributed by atoms with Crippen LogP contribution in [-0.4, -0.2) is 4.75 Å². The van der Waals surface area contributed by atoms with Gasteiger partial charge in [0.15, 0.2) is 0 Å². The zero-order valence-electron chi connectivity index (χ0n) is 7.51. The van der Waals surface area contributed by atoms with Crippen molar-refractivity contribution in [3.05, 3.63) is 12.7 Å². The SMILES string of the molecule is C=CC1CCC(C)(S)C(C)C1. The summed E-state index contributed by atoms with van der Waals surface area (Å²) in [4.78, 5) is 0. The van der Waals surface area contributed by atoms with E-state index in [1.54, 1.807) is 0 Å². The molecule has 64 valence electrons. The summed E-state index contributed by atoms with van der Waals surface area (Å²) < 4.78 is 0.263. The minimum atomic E-state index is 0.263. The lowest BCUT2D eigenvalue weighted by Crippen LogP contribution is -2.33. The molecule has 0 N–H and O–H groups in total. The van der Waals surface area contributed by atoms with E-state index < -0.39 is 0 Å². The summed E-state index contributed by atoms with van der Waals surface area (Å²) in [7, 11) is 0. The van der Waals surface area contributed by atoms with Crippen molar-refractivity contribution in [1.29, 1.82) is 0 Å². The van der Waals surface area contributed by atoms with Gasteiger partial charge in [-0.05, 0) is 31.1 Å². The van der Waals surface area contributed by atoms with Crippen molar-refractivity contribution in [3.63, 3.8) is 0 Å². The first kappa shape index (κ1) is 9.18. The Balaban J connectivity index is 2.54. The van der Waals surface area contributed by atoms with Crippen molar-refractivity contribution in [1.82, 2.24) is 0 Å². The fourth-order valence-electron chi connectivity index (χ4n) is 1.76. The van der Waals surface area contributed by atoms with Gasteiger partial charge in [0.05, 0.1) is 0 Å². The molecule has 1 saturated carbocycles. The highest BCUT2D eigenvalue weighted by molar-refractivity contribution is 7.81. The predicted octanol–water partition coefficient (Wildman–Crippen LogP) is 3.30. The third-order valence-corrected chi connectivity index (χ3v) is 3.74. The summed E-state index contributed by atoms with van der Waals surface area (Å²) in [6.45, 7) is 8.39. The lowest BCUT2D eigenvalue weighted by molar-refractivity contribution is 0.269. The molecule has 1 aliphatic rings. The molecule has 3 unspecified atom stereocenters. The van der Waals surface area contributed by atoms with Crippen molar-refractivity contribution < 1.29 is 0 Å². The zero-order chi connectivity index (χ0) is 8.48. The Hall–Kier alpha value is 0.0900.